The van der Waals surface area contributed by atoms with Gasteiger partial charge in [-0.3, -0.25) is 9.69 Å². The van der Waals surface area contributed by atoms with Crippen LogP contribution in [0.15, 0.2) is 21.9 Å². The second kappa shape index (κ2) is 8.60. The van der Waals surface area contributed by atoms with Crippen molar-refractivity contribution in [2.75, 3.05) is 32.8 Å². The first kappa shape index (κ1) is 18.1. The Balaban J connectivity index is 1.66. The van der Waals surface area contributed by atoms with Crippen molar-refractivity contribution in [3.63, 3.8) is 0 Å². The van der Waals surface area contributed by atoms with Crippen molar-refractivity contribution in [2.24, 2.45) is 0 Å². The predicted molar refractivity (Wildman–Crippen MR) is 97.0 cm³/mol. The minimum Gasteiger partial charge on any atom is -0.465 e. The van der Waals surface area contributed by atoms with Gasteiger partial charge in [0.1, 0.15) is 17.2 Å². The summed E-state index contributed by atoms with van der Waals surface area (Å²) in [6, 6.07) is 3.96. The van der Waals surface area contributed by atoms with Crippen LogP contribution in [0.3, 0.4) is 0 Å². The highest BCUT2D eigenvalue weighted by Gasteiger charge is 2.26. The Kier molecular flexibility index (Phi) is 6.23. The van der Waals surface area contributed by atoms with Gasteiger partial charge in [-0.1, -0.05) is 6.92 Å². The number of carbonyl (C=O) groups excluding carboxylic acids is 1. The van der Waals surface area contributed by atoms with Gasteiger partial charge in [0.2, 0.25) is 0 Å². The van der Waals surface area contributed by atoms with Gasteiger partial charge < -0.3 is 14.5 Å². The quantitative estimate of drug-likeness (QED) is 0.819. The molecule has 0 saturated carbocycles. The van der Waals surface area contributed by atoms with E-state index >= 15 is 0 Å². The van der Waals surface area contributed by atoms with E-state index in [1.165, 1.54) is 0 Å². The summed E-state index contributed by atoms with van der Waals surface area (Å²) >= 11 is 1.55. The predicted octanol–water partition coefficient (Wildman–Crippen LogP) is 2.80. The lowest BCUT2D eigenvalue weighted by Crippen LogP contribution is -2.43. The first-order valence-corrected chi connectivity index (χ1v) is 9.66. The number of nitrogens with zero attached hydrogens (tertiary/aromatic N) is 2. The van der Waals surface area contributed by atoms with Gasteiger partial charge in [-0.2, -0.15) is 0 Å². The number of aryl methyl sites for hydroxylation is 2. The third kappa shape index (κ3) is 4.68. The smallest absolute Gasteiger partial charge is 0.270 e. The van der Waals surface area contributed by atoms with Crippen LogP contribution < -0.4 is 5.32 Å². The minimum absolute atomic E-state index is 0.00954. The lowest BCUT2D eigenvalue weighted by atomic mass is 10.1. The van der Waals surface area contributed by atoms with Crippen LogP contribution in [0, 0.1) is 6.92 Å². The third-order valence-electron chi connectivity index (χ3n) is 4.28. The molecule has 1 fully saturated rings. The molecule has 6 nitrogen and oxygen atoms in total. The molecule has 0 radical (unpaired) electrons. The Bertz CT molecular complexity index is 691. The van der Waals surface area contributed by atoms with Crippen LogP contribution in [0.5, 0.6) is 0 Å². The van der Waals surface area contributed by atoms with E-state index in [2.05, 4.69) is 22.1 Å². The molecule has 0 aromatic carbocycles. The number of furan rings is 1. The lowest BCUT2D eigenvalue weighted by Gasteiger charge is -2.33. The van der Waals surface area contributed by atoms with Crippen molar-refractivity contribution < 1.29 is 13.9 Å². The average Bonchev–Trinajstić information content (AvgIpc) is 3.26. The Hall–Kier alpha value is -1.70. The average molecular weight is 363 g/mol. The number of hydrogen-bond acceptors (Lipinski definition) is 6. The number of hydrogen-bond donors (Lipinski definition) is 1. The van der Waals surface area contributed by atoms with E-state index < -0.39 is 0 Å². The molecular weight excluding hydrogens is 338 g/mol. The first-order chi connectivity index (χ1) is 12.2. The van der Waals surface area contributed by atoms with E-state index in [0.29, 0.717) is 25.5 Å². The van der Waals surface area contributed by atoms with E-state index in [1.54, 1.807) is 11.3 Å². The number of carbonyl (C=O) groups is 1. The number of morpholine rings is 1. The molecule has 1 aliphatic heterocycles. The molecule has 1 saturated heterocycles. The van der Waals surface area contributed by atoms with Gasteiger partial charge in [0.05, 0.1) is 24.3 Å². The van der Waals surface area contributed by atoms with Crippen LogP contribution in [0.1, 0.15) is 46.4 Å². The van der Waals surface area contributed by atoms with Crippen molar-refractivity contribution in [1.82, 2.24) is 15.2 Å². The molecule has 0 bridgehead atoms. The van der Waals surface area contributed by atoms with Gasteiger partial charge in [-0.05, 0) is 31.9 Å². The molecule has 0 spiro atoms. The highest BCUT2D eigenvalue weighted by atomic mass is 32.1. The fourth-order valence-corrected chi connectivity index (χ4v) is 3.84. The standard InChI is InChI=1S/C18H25N3O3S/c1-3-4-17-20-14(12-25-17)18(22)19-11-15(16-6-5-13(2)24-16)21-7-9-23-10-8-21/h5-6,12,15H,3-4,7-11H2,1-2H3,(H,19,22)/t15-/m0/s1. The molecule has 2 aromatic rings. The van der Waals surface area contributed by atoms with Crippen LogP contribution >= 0.6 is 11.3 Å². The van der Waals surface area contributed by atoms with E-state index in [0.717, 1.165) is 42.5 Å². The number of ether oxygens (including phenoxy) is 1. The number of nitrogens with one attached hydrogen (secondary N) is 1. The molecule has 3 heterocycles. The zero-order chi connectivity index (χ0) is 17.6. The van der Waals surface area contributed by atoms with Crippen LogP contribution in [0.2, 0.25) is 0 Å². The van der Waals surface area contributed by atoms with Gasteiger partial charge >= 0.3 is 0 Å². The van der Waals surface area contributed by atoms with E-state index in [4.69, 9.17) is 9.15 Å². The molecular formula is C18H25N3O3S. The summed E-state index contributed by atoms with van der Waals surface area (Å²) < 4.78 is 11.3. The molecule has 3 rings (SSSR count). The zero-order valence-electron chi connectivity index (χ0n) is 14.8. The Labute approximate surface area is 152 Å². The summed E-state index contributed by atoms with van der Waals surface area (Å²) in [6.07, 6.45) is 1.95. The summed E-state index contributed by atoms with van der Waals surface area (Å²) in [5.41, 5.74) is 0.504. The monoisotopic (exact) mass is 363 g/mol. The van der Waals surface area contributed by atoms with Gasteiger partial charge in [0.25, 0.3) is 5.91 Å². The number of amides is 1. The fourth-order valence-electron chi connectivity index (χ4n) is 2.96. The van der Waals surface area contributed by atoms with Crippen molar-refractivity contribution in [1.29, 1.82) is 0 Å². The van der Waals surface area contributed by atoms with E-state index in [9.17, 15) is 4.79 Å². The number of aromatic nitrogens is 1. The Morgan fingerprint density at radius 1 is 1.40 bits per heavy atom. The van der Waals surface area contributed by atoms with Gasteiger partial charge in [0.15, 0.2) is 0 Å². The lowest BCUT2D eigenvalue weighted by molar-refractivity contribution is 0.0117. The Morgan fingerprint density at radius 2 is 2.20 bits per heavy atom. The highest BCUT2D eigenvalue weighted by Crippen LogP contribution is 2.23. The molecule has 0 aliphatic carbocycles. The van der Waals surface area contributed by atoms with Crippen molar-refractivity contribution >= 4 is 17.2 Å². The number of thiazole rings is 1. The molecule has 7 heteroatoms. The maximum atomic E-state index is 12.4. The van der Waals surface area contributed by atoms with Crippen molar-refractivity contribution in [3.8, 4) is 0 Å². The maximum absolute atomic E-state index is 12.4. The molecule has 136 valence electrons. The second-order valence-corrected chi connectivity index (χ2v) is 7.14. The SMILES string of the molecule is CCCc1nc(C(=O)NC[C@@H](c2ccc(C)o2)N2CCOCC2)cs1. The van der Waals surface area contributed by atoms with Gasteiger partial charge in [-0.15, -0.1) is 11.3 Å². The zero-order valence-corrected chi connectivity index (χ0v) is 15.6. The molecule has 0 unspecified atom stereocenters. The third-order valence-corrected chi connectivity index (χ3v) is 5.19. The minimum atomic E-state index is -0.125. The van der Waals surface area contributed by atoms with Crippen molar-refractivity contribution in [3.05, 3.63) is 39.7 Å². The topological polar surface area (TPSA) is 67.6 Å². The summed E-state index contributed by atoms with van der Waals surface area (Å²) in [7, 11) is 0. The van der Waals surface area contributed by atoms with E-state index in [-0.39, 0.29) is 11.9 Å². The van der Waals surface area contributed by atoms with Crippen molar-refractivity contribution in [2.45, 2.75) is 32.7 Å². The molecule has 1 amide bonds. The molecule has 1 aliphatic rings. The van der Waals surface area contributed by atoms with Gasteiger partial charge in [0, 0.05) is 25.0 Å². The molecule has 2 aromatic heterocycles. The first-order valence-electron chi connectivity index (χ1n) is 8.78. The summed E-state index contributed by atoms with van der Waals surface area (Å²) in [6.45, 7) is 7.61. The van der Waals surface area contributed by atoms with Gasteiger partial charge in [-0.25, -0.2) is 4.98 Å². The largest absolute Gasteiger partial charge is 0.465 e. The fraction of sp³-hybridized carbons (Fsp3) is 0.556. The molecule has 25 heavy (non-hydrogen) atoms. The highest BCUT2D eigenvalue weighted by molar-refractivity contribution is 7.09. The molecule has 1 atom stereocenters. The molecule has 1 N–H and O–H groups in total. The van der Waals surface area contributed by atoms with Crippen LogP contribution in [0.25, 0.3) is 0 Å². The number of rotatable bonds is 7. The normalized spacial score (nSPS) is 16.7. The Morgan fingerprint density at radius 3 is 2.88 bits per heavy atom. The second-order valence-electron chi connectivity index (χ2n) is 6.20. The maximum Gasteiger partial charge on any atom is 0.270 e. The summed E-state index contributed by atoms with van der Waals surface area (Å²) in [4.78, 5) is 19.2. The van der Waals surface area contributed by atoms with E-state index in [1.807, 2.05) is 24.4 Å². The van der Waals surface area contributed by atoms with Crippen LogP contribution in [-0.2, 0) is 11.2 Å². The summed E-state index contributed by atoms with van der Waals surface area (Å²) in [5, 5.41) is 5.87. The summed E-state index contributed by atoms with van der Waals surface area (Å²) in [5.74, 6) is 1.63. The van der Waals surface area contributed by atoms with Crippen LogP contribution in [-0.4, -0.2) is 48.6 Å². The van der Waals surface area contributed by atoms with Crippen LogP contribution in [0.4, 0.5) is 0 Å².